The Bertz CT molecular complexity index is 1270. The van der Waals surface area contributed by atoms with Crippen molar-refractivity contribution in [3.05, 3.63) is 30.3 Å². The molecule has 260 valence electrons. The lowest BCUT2D eigenvalue weighted by Gasteiger charge is -2.48. The minimum absolute atomic E-state index is 0.526. The van der Waals surface area contributed by atoms with Gasteiger partial charge in [0.1, 0.15) is 30.4 Å². The summed E-state index contributed by atoms with van der Waals surface area (Å²) in [6.45, 7) is 5.33. The second kappa shape index (κ2) is 17.4. The molecule has 2 aliphatic rings. The fourth-order valence-corrected chi connectivity index (χ4v) is 6.14. The van der Waals surface area contributed by atoms with Crippen molar-refractivity contribution in [1.82, 2.24) is 0 Å². The van der Waals surface area contributed by atoms with Crippen molar-refractivity contribution in [3.8, 4) is 0 Å². The van der Waals surface area contributed by atoms with Crippen LogP contribution in [0.3, 0.4) is 0 Å². The number of esters is 6. The molecule has 2 saturated heterocycles. The number of carbonyl (C=O) groups excluding carboxylic acids is 6. The van der Waals surface area contributed by atoms with Crippen LogP contribution in [0.5, 0.6) is 0 Å². The number of aliphatic hydroxyl groups excluding tert-OH is 1. The van der Waals surface area contributed by atoms with Gasteiger partial charge in [-0.3, -0.25) is 28.8 Å². The predicted molar refractivity (Wildman–Crippen MR) is 156 cm³/mol. The zero-order valence-corrected chi connectivity index (χ0v) is 27.4. The predicted octanol–water partition coefficient (Wildman–Crippen LogP) is 0.828. The number of thioether (sulfide) groups is 1. The number of ether oxygens (including phenoxy) is 9. The summed E-state index contributed by atoms with van der Waals surface area (Å²) in [5.74, 6) is -4.84. The topological polar surface area (TPSA) is 206 Å². The highest BCUT2D eigenvalue weighted by Crippen LogP contribution is 2.39. The van der Waals surface area contributed by atoms with Gasteiger partial charge in [0.25, 0.3) is 0 Å². The van der Waals surface area contributed by atoms with Crippen molar-refractivity contribution >= 4 is 47.6 Å². The molecule has 0 bridgehead atoms. The zero-order chi connectivity index (χ0) is 34.8. The number of hydrogen-bond donors (Lipinski definition) is 1. The molecular weight excluding hydrogens is 648 g/mol. The van der Waals surface area contributed by atoms with Crippen LogP contribution in [-0.2, 0) is 71.4 Å². The van der Waals surface area contributed by atoms with E-state index in [0.717, 1.165) is 53.3 Å². The van der Waals surface area contributed by atoms with Gasteiger partial charge in [-0.1, -0.05) is 30.0 Å². The van der Waals surface area contributed by atoms with E-state index in [9.17, 15) is 33.9 Å². The first-order valence-corrected chi connectivity index (χ1v) is 15.4. The van der Waals surface area contributed by atoms with Crippen molar-refractivity contribution in [1.29, 1.82) is 0 Å². The van der Waals surface area contributed by atoms with Gasteiger partial charge >= 0.3 is 35.8 Å². The van der Waals surface area contributed by atoms with Gasteiger partial charge in [-0.15, -0.1) is 0 Å². The summed E-state index contributed by atoms with van der Waals surface area (Å²) in [4.78, 5) is 73.6. The number of rotatable bonds is 12. The van der Waals surface area contributed by atoms with Crippen LogP contribution in [0.4, 0.5) is 0 Å². The molecular formula is C30H38O16S. The normalized spacial score (nSPS) is 30.3. The van der Waals surface area contributed by atoms with Crippen LogP contribution in [0.25, 0.3) is 0 Å². The van der Waals surface area contributed by atoms with Crippen molar-refractivity contribution in [3.63, 3.8) is 0 Å². The average molecular weight is 687 g/mol. The minimum atomic E-state index is -1.72. The quantitative estimate of drug-likeness (QED) is 0.239. The molecule has 1 aromatic rings. The van der Waals surface area contributed by atoms with Crippen LogP contribution in [-0.4, -0.2) is 115 Å². The minimum Gasteiger partial charge on any atom is -0.463 e. The number of aliphatic hydroxyl groups is 1. The summed E-state index contributed by atoms with van der Waals surface area (Å²) in [6.07, 6.45) is -13.2. The smallest absolute Gasteiger partial charge is 0.303 e. The molecule has 0 unspecified atom stereocenters. The summed E-state index contributed by atoms with van der Waals surface area (Å²) < 4.78 is 51.0. The molecule has 2 aliphatic heterocycles. The van der Waals surface area contributed by atoms with E-state index >= 15 is 0 Å². The monoisotopic (exact) mass is 686 g/mol. The Morgan fingerprint density at radius 1 is 0.617 bits per heavy atom. The Morgan fingerprint density at radius 3 is 1.62 bits per heavy atom. The second-order valence-corrected chi connectivity index (χ2v) is 11.6. The van der Waals surface area contributed by atoms with E-state index < -0.39 is 110 Å². The molecule has 16 nitrogen and oxygen atoms in total. The highest BCUT2D eigenvalue weighted by atomic mass is 32.2. The molecule has 17 heteroatoms. The third-order valence-electron chi connectivity index (χ3n) is 6.61. The van der Waals surface area contributed by atoms with E-state index in [2.05, 4.69) is 0 Å². The van der Waals surface area contributed by atoms with Crippen molar-refractivity contribution in [2.45, 2.75) is 107 Å². The lowest BCUT2D eigenvalue weighted by molar-refractivity contribution is -0.341. The number of carbonyl (C=O) groups is 6. The highest BCUT2D eigenvalue weighted by molar-refractivity contribution is 7.99. The van der Waals surface area contributed by atoms with Gasteiger partial charge in [-0.05, 0) is 12.1 Å². The molecule has 0 amide bonds. The first-order chi connectivity index (χ1) is 22.2. The van der Waals surface area contributed by atoms with Crippen molar-refractivity contribution in [2.75, 3.05) is 13.2 Å². The molecule has 0 saturated carbocycles. The first-order valence-electron chi connectivity index (χ1n) is 14.5. The van der Waals surface area contributed by atoms with Crippen LogP contribution in [0, 0.1) is 0 Å². The molecule has 3 rings (SSSR count). The molecule has 1 aromatic carbocycles. The second-order valence-electron chi connectivity index (χ2n) is 10.5. The van der Waals surface area contributed by atoms with Crippen molar-refractivity contribution < 1.29 is 76.5 Å². The average Bonchev–Trinajstić information content (AvgIpc) is 2.97. The Balaban J connectivity index is 2.09. The maximum absolute atomic E-state index is 12.4. The van der Waals surface area contributed by atoms with Gasteiger partial charge in [0.2, 0.25) is 0 Å². The van der Waals surface area contributed by atoms with E-state index in [-0.39, 0.29) is 0 Å². The Labute approximate surface area is 274 Å². The van der Waals surface area contributed by atoms with Gasteiger partial charge < -0.3 is 47.7 Å². The van der Waals surface area contributed by atoms with E-state index in [4.69, 9.17) is 42.6 Å². The van der Waals surface area contributed by atoms with Gasteiger partial charge in [-0.2, -0.15) is 0 Å². The maximum atomic E-state index is 12.4. The summed E-state index contributed by atoms with van der Waals surface area (Å²) in [5.41, 5.74) is -1.02. The molecule has 0 aliphatic carbocycles. The van der Waals surface area contributed by atoms with Gasteiger partial charge in [0.05, 0.1) is 6.61 Å². The molecule has 10 atom stereocenters. The molecule has 1 N–H and O–H groups in total. The molecule has 0 spiro atoms. The molecule has 2 heterocycles. The van der Waals surface area contributed by atoms with E-state index in [1.807, 2.05) is 0 Å². The van der Waals surface area contributed by atoms with Gasteiger partial charge in [0, 0.05) is 46.4 Å². The van der Waals surface area contributed by atoms with Crippen molar-refractivity contribution in [2.24, 2.45) is 0 Å². The zero-order valence-electron chi connectivity index (χ0n) is 26.6. The summed E-state index contributed by atoms with van der Waals surface area (Å²) in [5, 5.41) is 10.4. The SMILES string of the molecule is CC(=O)OC[C@H]1O[C@H](O[C@H]2[C@H](OC(C)=O)[C@@H](OC(C)=O)[C@H](Sc3ccccc3)O[C@@H]2CO)[C@H](OC(C)=O)[C@@H](OC(C)=O)[C@@H]1OC(C)=O. The van der Waals surface area contributed by atoms with Crippen LogP contribution >= 0.6 is 11.8 Å². The number of hydrogen-bond acceptors (Lipinski definition) is 17. The number of benzene rings is 1. The third-order valence-corrected chi connectivity index (χ3v) is 7.77. The maximum Gasteiger partial charge on any atom is 0.303 e. The molecule has 0 radical (unpaired) electrons. The molecule has 2 fully saturated rings. The summed E-state index contributed by atoms with van der Waals surface area (Å²) >= 11 is 1.13. The molecule has 0 aromatic heterocycles. The lowest BCUT2D eigenvalue weighted by Crippen LogP contribution is -2.66. The fourth-order valence-electron chi connectivity index (χ4n) is 5.01. The third kappa shape index (κ3) is 10.9. The van der Waals surface area contributed by atoms with E-state index in [1.54, 1.807) is 30.3 Å². The van der Waals surface area contributed by atoms with Gasteiger partial charge in [-0.25, -0.2) is 0 Å². The summed E-state index contributed by atoms with van der Waals surface area (Å²) in [6, 6.07) is 8.89. The standard InChI is InChI=1S/C30H38O16S/c1-14(32)38-13-22-24(39-15(2)33)25(40-16(3)34)27(42-18(5)36)29(44-22)46-23-21(12-31)45-30(47-20-10-8-7-9-11-20)28(43-19(6)37)26(23)41-17(4)35/h7-11,21-31H,12-13H2,1-6H3/t21-,22-,23-,24-,25+,26+,27-,28-,29-,30+/m1/s1. The largest absolute Gasteiger partial charge is 0.463 e. The fraction of sp³-hybridized carbons (Fsp3) is 0.600. The Hall–Kier alpha value is -3.77. The van der Waals surface area contributed by atoms with Crippen LogP contribution in [0.15, 0.2) is 35.2 Å². The van der Waals surface area contributed by atoms with Crippen LogP contribution in [0.1, 0.15) is 41.5 Å². The van der Waals surface area contributed by atoms with E-state index in [1.165, 1.54) is 0 Å². The van der Waals surface area contributed by atoms with Gasteiger partial charge in [0.15, 0.2) is 36.8 Å². The van der Waals surface area contributed by atoms with Crippen LogP contribution in [0.2, 0.25) is 0 Å². The summed E-state index contributed by atoms with van der Waals surface area (Å²) in [7, 11) is 0. The first kappa shape index (κ1) is 37.7. The Kier molecular flexibility index (Phi) is 14.0. The highest BCUT2D eigenvalue weighted by Gasteiger charge is 2.57. The molecule has 47 heavy (non-hydrogen) atoms. The Morgan fingerprint density at radius 2 is 1.11 bits per heavy atom. The lowest BCUT2D eigenvalue weighted by atomic mass is 9.96. The van der Waals surface area contributed by atoms with E-state index in [0.29, 0.717) is 4.90 Å². The van der Waals surface area contributed by atoms with Crippen LogP contribution < -0.4 is 0 Å².